The maximum Gasteiger partial charge on any atom is 0.160 e. The van der Waals surface area contributed by atoms with Gasteiger partial charge in [0.2, 0.25) is 0 Å². The molecule has 0 spiro atoms. The van der Waals surface area contributed by atoms with Crippen LogP contribution in [0.5, 0.6) is 0 Å². The van der Waals surface area contributed by atoms with Gasteiger partial charge in [-0.1, -0.05) is 30.3 Å². The number of ether oxygens (including phenoxy) is 1. The summed E-state index contributed by atoms with van der Waals surface area (Å²) >= 11 is 0. The summed E-state index contributed by atoms with van der Waals surface area (Å²) in [7, 11) is 0. The first kappa shape index (κ1) is 13.2. The molecule has 6 heteroatoms. The highest BCUT2D eigenvalue weighted by Crippen LogP contribution is 2.30. The highest BCUT2D eigenvalue weighted by Gasteiger charge is 2.28. The van der Waals surface area contributed by atoms with Crippen molar-refractivity contribution in [3.8, 4) is 0 Å². The predicted molar refractivity (Wildman–Crippen MR) is 83.6 cm³/mol. The smallest absolute Gasteiger partial charge is 0.160 e. The Morgan fingerprint density at radius 1 is 1.18 bits per heavy atom. The Morgan fingerprint density at radius 3 is 2.91 bits per heavy atom. The highest BCUT2D eigenvalue weighted by atomic mass is 16.5. The molecule has 0 radical (unpaired) electrons. The van der Waals surface area contributed by atoms with Crippen LogP contribution in [-0.2, 0) is 4.74 Å². The lowest BCUT2D eigenvalue weighted by molar-refractivity contribution is -0.0175. The molecule has 3 aromatic rings. The van der Waals surface area contributed by atoms with Gasteiger partial charge in [0.15, 0.2) is 5.65 Å². The first-order valence-electron chi connectivity index (χ1n) is 7.40. The van der Waals surface area contributed by atoms with Gasteiger partial charge in [0, 0.05) is 13.1 Å². The van der Waals surface area contributed by atoms with Crippen LogP contribution in [-0.4, -0.2) is 39.4 Å². The second kappa shape index (κ2) is 5.38. The fraction of sp³-hybridized carbons (Fsp3) is 0.312. The number of hydrogen-bond donors (Lipinski definition) is 1. The summed E-state index contributed by atoms with van der Waals surface area (Å²) in [4.78, 5) is 10.9. The summed E-state index contributed by atoms with van der Waals surface area (Å²) in [6, 6.07) is 10.3. The van der Waals surface area contributed by atoms with Crippen molar-refractivity contribution >= 4 is 16.9 Å². The van der Waals surface area contributed by atoms with E-state index in [-0.39, 0.29) is 12.2 Å². The Balaban J connectivity index is 1.68. The van der Waals surface area contributed by atoms with E-state index >= 15 is 0 Å². The van der Waals surface area contributed by atoms with Gasteiger partial charge < -0.3 is 9.64 Å². The fourth-order valence-corrected chi connectivity index (χ4v) is 2.98. The number of morpholine rings is 1. The van der Waals surface area contributed by atoms with Crippen LogP contribution in [0.4, 0.5) is 5.82 Å². The van der Waals surface area contributed by atoms with E-state index < -0.39 is 0 Å². The summed E-state index contributed by atoms with van der Waals surface area (Å²) < 4.78 is 6.11. The number of hydrogen-bond acceptors (Lipinski definition) is 5. The predicted octanol–water partition coefficient (Wildman–Crippen LogP) is 2.32. The SMILES string of the molecule is CC1CN(c2ncnc3[nH]ncc23)CC(c2ccccc2)O1. The molecule has 2 aromatic heterocycles. The molecule has 0 bridgehead atoms. The summed E-state index contributed by atoms with van der Waals surface area (Å²) in [5.74, 6) is 0.912. The van der Waals surface area contributed by atoms with Crippen LogP contribution in [0, 0.1) is 0 Å². The average Bonchev–Trinajstić information content (AvgIpc) is 3.03. The number of nitrogens with zero attached hydrogens (tertiary/aromatic N) is 4. The fourth-order valence-electron chi connectivity index (χ4n) is 2.98. The molecule has 1 N–H and O–H groups in total. The van der Waals surface area contributed by atoms with Crippen molar-refractivity contribution in [1.29, 1.82) is 0 Å². The molecule has 1 saturated heterocycles. The van der Waals surface area contributed by atoms with Crippen LogP contribution in [0.3, 0.4) is 0 Å². The monoisotopic (exact) mass is 295 g/mol. The van der Waals surface area contributed by atoms with E-state index in [1.807, 2.05) is 18.2 Å². The third-order valence-electron chi connectivity index (χ3n) is 3.96. The minimum absolute atomic E-state index is 0.0434. The summed E-state index contributed by atoms with van der Waals surface area (Å²) in [5.41, 5.74) is 1.96. The normalized spacial score (nSPS) is 22.1. The number of H-pyrrole nitrogens is 1. The number of rotatable bonds is 2. The second-order valence-electron chi connectivity index (χ2n) is 5.58. The third-order valence-corrected chi connectivity index (χ3v) is 3.96. The maximum atomic E-state index is 6.11. The van der Waals surface area contributed by atoms with E-state index in [4.69, 9.17) is 4.74 Å². The molecule has 1 aliphatic rings. The molecule has 0 saturated carbocycles. The number of anilines is 1. The van der Waals surface area contributed by atoms with Gasteiger partial charge in [0.25, 0.3) is 0 Å². The molecule has 1 aliphatic heterocycles. The first-order valence-corrected chi connectivity index (χ1v) is 7.40. The van der Waals surface area contributed by atoms with Gasteiger partial charge in [-0.05, 0) is 12.5 Å². The molecule has 2 unspecified atom stereocenters. The van der Waals surface area contributed by atoms with Crippen LogP contribution < -0.4 is 4.90 Å². The highest BCUT2D eigenvalue weighted by molar-refractivity contribution is 5.86. The zero-order valence-electron chi connectivity index (χ0n) is 12.3. The molecule has 3 heterocycles. The zero-order valence-corrected chi connectivity index (χ0v) is 12.3. The van der Waals surface area contributed by atoms with Gasteiger partial charge in [-0.2, -0.15) is 5.10 Å². The van der Waals surface area contributed by atoms with E-state index in [1.165, 1.54) is 5.56 Å². The molecule has 1 fully saturated rings. The van der Waals surface area contributed by atoms with Crippen molar-refractivity contribution in [2.45, 2.75) is 19.1 Å². The molecule has 4 rings (SSSR count). The molecule has 0 aliphatic carbocycles. The van der Waals surface area contributed by atoms with Gasteiger partial charge in [-0.25, -0.2) is 9.97 Å². The molecule has 6 nitrogen and oxygen atoms in total. The first-order chi connectivity index (χ1) is 10.8. The second-order valence-corrected chi connectivity index (χ2v) is 5.58. The van der Waals surface area contributed by atoms with E-state index in [0.717, 1.165) is 29.9 Å². The lowest BCUT2D eigenvalue weighted by Crippen LogP contribution is -2.43. The Kier molecular flexibility index (Phi) is 3.23. The largest absolute Gasteiger partial charge is 0.367 e. The molecule has 22 heavy (non-hydrogen) atoms. The summed E-state index contributed by atoms with van der Waals surface area (Å²) in [5, 5.41) is 7.91. The minimum atomic E-state index is 0.0434. The zero-order chi connectivity index (χ0) is 14.9. The van der Waals surface area contributed by atoms with Crippen molar-refractivity contribution in [2.75, 3.05) is 18.0 Å². The van der Waals surface area contributed by atoms with Gasteiger partial charge in [-0.3, -0.25) is 5.10 Å². The number of nitrogens with one attached hydrogen (secondary N) is 1. The van der Waals surface area contributed by atoms with Crippen LogP contribution in [0.25, 0.3) is 11.0 Å². The summed E-state index contributed by atoms with van der Waals surface area (Å²) in [6.45, 7) is 3.67. The number of aromatic nitrogens is 4. The molecular formula is C16H17N5O. The average molecular weight is 295 g/mol. The molecule has 112 valence electrons. The van der Waals surface area contributed by atoms with E-state index in [1.54, 1.807) is 12.5 Å². The van der Waals surface area contributed by atoms with Crippen molar-refractivity contribution in [3.05, 3.63) is 48.4 Å². The topological polar surface area (TPSA) is 66.9 Å². The lowest BCUT2D eigenvalue weighted by atomic mass is 10.1. The Labute approximate surface area is 128 Å². The van der Waals surface area contributed by atoms with Crippen LogP contribution in [0.2, 0.25) is 0 Å². The van der Waals surface area contributed by atoms with E-state index in [2.05, 4.69) is 44.1 Å². The number of aromatic amines is 1. The molecule has 2 atom stereocenters. The van der Waals surface area contributed by atoms with E-state index in [9.17, 15) is 0 Å². The Morgan fingerprint density at radius 2 is 2.05 bits per heavy atom. The molecular weight excluding hydrogens is 278 g/mol. The number of fused-ring (bicyclic) bond motifs is 1. The Hall–Kier alpha value is -2.47. The Bertz CT molecular complexity index is 772. The standard InChI is InChI=1S/C16H17N5O/c1-11-8-21(9-14(22-11)12-5-3-2-4-6-12)16-13-7-19-20-15(13)17-10-18-16/h2-7,10-11,14H,8-9H2,1H3,(H,17,18,19,20). The van der Waals surface area contributed by atoms with Crippen molar-refractivity contribution in [3.63, 3.8) is 0 Å². The minimum Gasteiger partial charge on any atom is -0.367 e. The van der Waals surface area contributed by atoms with Gasteiger partial charge in [0.05, 0.1) is 17.7 Å². The number of benzene rings is 1. The van der Waals surface area contributed by atoms with E-state index in [0.29, 0.717) is 0 Å². The molecule has 1 aromatic carbocycles. The van der Waals surface area contributed by atoms with Crippen molar-refractivity contribution in [1.82, 2.24) is 20.2 Å². The maximum absolute atomic E-state index is 6.11. The van der Waals surface area contributed by atoms with Crippen LogP contribution in [0.15, 0.2) is 42.9 Å². The molecule has 0 amide bonds. The van der Waals surface area contributed by atoms with Gasteiger partial charge in [-0.15, -0.1) is 0 Å². The quantitative estimate of drug-likeness (QED) is 0.786. The van der Waals surface area contributed by atoms with Gasteiger partial charge >= 0.3 is 0 Å². The lowest BCUT2D eigenvalue weighted by Gasteiger charge is -2.37. The third kappa shape index (κ3) is 2.31. The van der Waals surface area contributed by atoms with Crippen LogP contribution >= 0.6 is 0 Å². The summed E-state index contributed by atoms with van der Waals surface area (Å²) in [6.07, 6.45) is 3.54. The van der Waals surface area contributed by atoms with Gasteiger partial charge in [0.1, 0.15) is 18.2 Å². The van der Waals surface area contributed by atoms with Crippen molar-refractivity contribution in [2.24, 2.45) is 0 Å². The van der Waals surface area contributed by atoms with Crippen molar-refractivity contribution < 1.29 is 4.74 Å². The van der Waals surface area contributed by atoms with Crippen LogP contribution in [0.1, 0.15) is 18.6 Å².